The molecule has 2 aliphatic heterocycles. The van der Waals surface area contributed by atoms with Gasteiger partial charge in [0.1, 0.15) is 5.82 Å². The average molecular weight is 384 g/mol. The fourth-order valence-electron chi connectivity index (χ4n) is 3.67. The van der Waals surface area contributed by atoms with Crippen molar-refractivity contribution in [3.05, 3.63) is 54.3 Å². The maximum Gasteiger partial charge on any atom is 0.322 e. The van der Waals surface area contributed by atoms with Crippen LogP contribution < -0.4 is 15.1 Å². The van der Waals surface area contributed by atoms with Gasteiger partial charge in [-0.25, -0.2) is 9.18 Å². The molecule has 0 bridgehead atoms. The highest BCUT2D eigenvalue weighted by molar-refractivity contribution is 5.93. The van der Waals surface area contributed by atoms with Crippen LogP contribution in [0.15, 0.2) is 48.5 Å². The summed E-state index contributed by atoms with van der Waals surface area (Å²) in [6.07, 6.45) is 0. The molecule has 2 heterocycles. The van der Waals surface area contributed by atoms with Crippen LogP contribution >= 0.6 is 0 Å². The summed E-state index contributed by atoms with van der Waals surface area (Å²) in [7, 11) is 0. The van der Waals surface area contributed by atoms with Crippen molar-refractivity contribution in [2.75, 3.05) is 67.6 Å². The highest BCUT2D eigenvalue weighted by atomic mass is 19.1. The van der Waals surface area contributed by atoms with E-state index in [2.05, 4.69) is 15.1 Å². The normalized spacial score (nSPS) is 17.5. The van der Waals surface area contributed by atoms with Crippen LogP contribution in [0.1, 0.15) is 0 Å². The first kappa shape index (κ1) is 18.6. The van der Waals surface area contributed by atoms with Crippen LogP contribution in [0.2, 0.25) is 0 Å². The molecule has 0 spiro atoms. The van der Waals surface area contributed by atoms with Crippen molar-refractivity contribution in [2.45, 2.75) is 0 Å². The van der Waals surface area contributed by atoms with Crippen molar-refractivity contribution >= 4 is 23.1 Å². The fraction of sp³-hybridized carbons (Fsp3) is 0.381. The largest absolute Gasteiger partial charge is 0.378 e. The molecular weight excluding hydrogens is 359 g/mol. The van der Waals surface area contributed by atoms with Crippen LogP contribution in [-0.4, -0.2) is 63.4 Å². The Bertz CT molecular complexity index is 800. The molecule has 2 aromatic carbocycles. The van der Waals surface area contributed by atoms with E-state index in [0.29, 0.717) is 26.3 Å². The number of nitrogens with one attached hydrogen (secondary N) is 1. The van der Waals surface area contributed by atoms with Crippen LogP contribution in [0.3, 0.4) is 0 Å². The third-order valence-corrected chi connectivity index (χ3v) is 5.26. The molecule has 1 N–H and O–H groups in total. The number of nitrogens with zero attached hydrogens (tertiary/aromatic N) is 3. The summed E-state index contributed by atoms with van der Waals surface area (Å²) in [5.41, 5.74) is 2.85. The van der Waals surface area contributed by atoms with E-state index in [1.165, 1.54) is 12.1 Å². The van der Waals surface area contributed by atoms with Crippen molar-refractivity contribution in [1.29, 1.82) is 0 Å². The quantitative estimate of drug-likeness (QED) is 0.884. The zero-order valence-electron chi connectivity index (χ0n) is 15.8. The molecule has 0 unspecified atom stereocenters. The highest BCUT2D eigenvalue weighted by Gasteiger charge is 2.23. The van der Waals surface area contributed by atoms with Gasteiger partial charge in [0.05, 0.1) is 24.6 Å². The van der Waals surface area contributed by atoms with E-state index in [-0.39, 0.29) is 11.8 Å². The lowest BCUT2D eigenvalue weighted by Gasteiger charge is -2.36. The molecule has 0 radical (unpaired) electrons. The number of hydrogen-bond donors (Lipinski definition) is 1. The lowest BCUT2D eigenvalue weighted by Crippen LogP contribution is -2.50. The summed E-state index contributed by atoms with van der Waals surface area (Å²) in [6.45, 7) is 5.76. The Balaban J connectivity index is 1.37. The number of piperazine rings is 1. The van der Waals surface area contributed by atoms with Gasteiger partial charge in [-0.05, 0) is 36.4 Å². The summed E-state index contributed by atoms with van der Waals surface area (Å²) in [6, 6.07) is 14.3. The van der Waals surface area contributed by atoms with E-state index >= 15 is 0 Å². The van der Waals surface area contributed by atoms with Gasteiger partial charge in [0.25, 0.3) is 0 Å². The number of hydrogen-bond acceptors (Lipinski definition) is 4. The molecule has 2 saturated heterocycles. The van der Waals surface area contributed by atoms with Gasteiger partial charge in [-0.1, -0.05) is 12.1 Å². The fourth-order valence-corrected chi connectivity index (χ4v) is 3.67. The molecule has 0 aliphatic carbocycles. The number of carbonyl (C=O) groups is 1. The second kappa shape index (κ2) is 8.48. The third kappa shape index (κ3) is 4.20. The number of benzene rings is 2. The molecule has 2 fully saturated rings. The van der Waals surface area contributed by atoms with Gasteiger partial charge >= 0.3 is 6.03 Å². The van der Waals surface area contributed by atoms with Gasteiger partial charge in [-0.15, -0.1) is 0 Å². The molecule has 28 heavy (non-hydrogen) atoms. The smallest absolute Gasteiger partial charge is 0.322 e. The first-order valence-corrected chi connectivity index (χ1v) is 9.69. The number of morpholine rings is 1. The van der Waals surface area contributed by atoms with E-state index < -0.39 is 0 Å². The van der Waals surface area contributed by atoms with Crippen LogP contribution in [0, 0.1) is 5.82 Å². The summed E-state index contributed by atoms with van der Waals surface area (Å²) in [4.78, 5) is 19.0. The molecule has 4 rings (SSSR count). The zero-order chi connectivity index (χ0) is 19.3. The van der Waals surface area contributed by atoms with Gasteiger partial charge in [0, 0.05) is 45.0 Å². The topological polar surface area (TPSA) is 48.1 Å². The Hall–Kier alpha value is -2.80. The number of para-hydroxylation sites is 2. The van der Waals surface area contributed by atoms with Gasteiger partial charge in [0.15, 0.2) is 0 Å². The average Bonchev–Trinajstić information content (AvgIpc) is 2.75. The standard InChI is InChI=1S/C21H25FN4O2/c22-17-5-7-18(8-6-17)24-9-11-26(12-10-24)21(27)23-19-3-1-2-4-20(19)25-13-15-28-16-14-25/h1-8H,9-16H2,(H,23,27). The molecular formula is C21H25FN4O2. The lowest BCUT2D eigenvalue weighted by molar-refractivity contribution is 0.123. The molecule has 6 nitrogen and oxygen atoms in total. The molecule has 2 aromatic rings. The number of ether oxygens (including phenoxy) is 1. The summed E-state index contributed by atoms with van der Waals surface area (Å²) in [5.74, 6) is -0.235. The molecule has 0 atom stereocenters. The van der Waals surface area contributed by atoms with Crippen LogP contribution in [-0.2, 0) is 4.74 Å². The third-order valence-electron chi connectivity index (χ3n) is 5.26. The second-order valence-corrected chi connectivity index (χ2v) is 7.00. The number of halogens is 1. The molecule has 2 aliphatic rings. The number of urea groups is 1. The predicted molar refractivity (Wildman–Crippen MR) is 109 cm³/mol. The van der Waals surface area contributed by atoms with Gasteiger partial charge in [-0.3, -0.25) is 0 Å². The molecule has 0 aromatic heterocycles. The van der Waals surface area contributed by atoms with Gasteiger partial charge in [0.2, 0.25) is 0 Å². The number of anilines is 3. The predicted octanol–water partition coefficient (Wildman–Crippen LogP) is 3.02. The van der Waals surface area contributed by atoms with Crippen LogP contribution in [0.25, 0.3) is 0 Å². The number of rotatable bonds is 3. The van der Waals surface area contributed by atoms with E-state index in [9.17, 15) is 9.18 Å². The number of amides is 2. The summed E-state index contributed by atoms with van der Waals surface area (Å²) in [5, 5.41) is 3.08. The maximum atomic E-state index is 13.1. The van der Waals surface area contributed by atoms with E-state index in [1.54, 1.807) is 12.1 Å². The molecule has 148 valence electrons. The van der Waals surface area contributed by atoms with Gasteiger partial charge in [-0.2, -0.15) is 0 Å². The Morgan fingerprint density at radius 3 is 2.25 bits per heavy atom. The SMILES string of the molecule is O=C(Nc1ccccc1N1CCOCC1)N1CCN(c2ccc(F)cc2)CC1. The zero-order valence-corrected chi connectivity index (χ0v) is 15.8. The minimum Gasteiger partial charge on any atom is -0.378 e. The van der Waals surface area contributed by atoms with Crippen molar-refractivity contribution in [2.24, 2.45) is 0 Å². The summed E-state index contributed by atoms with van der Waals surface area (Å²) >= 11 is 0. The van der Waals surface area contributed by atoms with Gasteiger partial charge < -0.3 is 24.8 Å². The Morgan fingerprint density at radius 2 is 1.54 bits per heavy atom. The molecule has 0 saturated carbocycles. The second-order valence-electron chi connectivity index (χ2n) is 7.00. The van der Waals surface area contributed by atoms with E-state index in [4.69, 9.17) is 4.74 Å². The maximum absolute atomic E-state index is 13.1. The minimum atomic E-state index is -0.235. The van der Waals surface area contributed by atoms with Crippen molar-refractivity contribution in [1.82, 2.24) is 4.90 Å². The van der Waals surface area contributed by atoms with E-state index in [0.717, 1.165) is 43.2 Å². The summed E-state index contributed by atoms with van der Waals surface area (Å²) < 4.78 is 18.5. The molecule has 2 amide bonds. The minimum absolute atomic E-state index is 0.0838. The van der Waals surface area contributed by atoms with E-state index in [1.807, 2.05) is 29.2 Å². The van der Waals surface area contributed by atoms with Crippen molar-refractivity contribution in [3.63, 3.8) is 0 Å². The first-order chi connectivity index (χ1) is 13.7. The number of carbonyl (C=O) groups excluding carboxylic acids is 1. The van der Waals surface area contributed by atoms with Crippen molar-refractivity contribution in [3.8, 4) is 0 Å². The van der Waals surface area contributed by atoms with Crippen LogP contribution in [0.5, 0.6) is 0 Å². The highest BCUT2D eigenvalue weighted by Crippen LogP contribution is 2.27. The monoisotopic (exact) mass is 384 g/mol. The van der Waals surface area contributed by atoms with Crippen molar-refractivity contribution < 1.29 is 13.9 Å². The Morgan fingerprint density at radius 1 is 0.857 bits per heavy atom. The Labute approximate surface area is 164 Å². The van der Waals surface area contributed by atoms with Crippen LogP contribution in [0.4, 0.5) is 26.2 Å². The molecule has 7 heteroatoms. The Kier molecular flexibility index (Phi) is 5.62. The lowest BCUT2D eigenvalue weighted by atomic mass is 10.2. The first-order valence-electron chi connectivity index (χ1n) is 9.69.